The highest BCUT2D eigenvalue weighted by atomic mass is 127. The van der Waals surface area contributed by atoms with Crippen molar-refractivity contribution in [2.24, 2.45) is 0 Å². The Kier molecular flexibility index (Phi) is 4.01. The quantitative estimate of drug-likeness (QED) is 0.697. The van der Waals surface area contributed by atoms with Gasteiger partial charge in [-0.15, -0.1) is 0 Å². The highest BCUT2D eigenvalue weighted by Gasteiger charge is 2.64. The number of nitrogens with zero attached hydrogens (tertiary/aromatic N) is 1. The Morgan fingerprint density at radius 1 is 0.917 bits per heavy atom. The summed E-state index contributed by atoms with van der Waals surface area (Å²) in [6, 6.07) is 16.0. The molecule has 2 nitrogen and oxygen atoms in total. The summed E-state index contributed by atoms with van der Waals surface area (Å²) in [5.74, 6) is 0. The predicted molar refractivity (Wildman–Crippen MR) is 106 cm³/mol. The minimum Gasteiger partial charge on any atom is -0.396 e. The van der Waals surface area contributed by atoms with Crippen molar-refractivity contribution in [1.82, 2.24) is 4.90 Å². The lowest BCUT2D eigenvalue weighted by Gasteiger charge is -2.40. The SMILES string of the molecule is CCC12c3ccccc3C(CC)(c3cc(I)ccc31)N2CCCO. The molecule has 24 heavy (non-hydrogen) atoms. The second-order valence-corrected chi connectivity index (χ2v) is 8.14. The highest BCUT2D eigenvalue weighted by molar-refractivity contribution is 14.1. The van der Waals surface area contributed by atoms with E-state index in [1.807, 2.05) is 0 Å². The molecule has 3 heteroatoms. The first-order chi connectivity index (χ1) is 11.7. The smallest absolute Gasteiger partial charge is 0.0730 e. The van der Waals surface area contributed by atoms with Crippen LogP contribution in [-0.4, -0.2) is 23.2 Å². The largest absolute Gasteiger partial charge is 0.396 e. The lowest BCUT2D eigenvalue weighted by Crippen LogP contribution is -2.46. The lowest BCUT2D eigenvalue weighted by molar-refractivity contribution is 0.0609. The molecule has 0 amide bonds. The van der Waals surface area contributed by atoms with E-state index in [1.54, 1.807) is 0 Å². The van der Waals surface area contributed by atoms with Crippen molar-refractivity contribution >= 4 is 22.6 Å². The third-order valence-corrected chi connectivity index (χ3v) is 6.85. The molecule has 0 saturated heterocycles. The standard InChI is InChI=1S/C21H24INO/c1-3-20-16-8-5-6-9-17(16)21(4-2,23(20)12-7-13-24)19-14-15(22)10-11-18(19)20/h5-6,8-11,14,24H,3-4,7,12-13H2,1-2H3. The minimum atomic E-state index is -0.0434. The average molecular weight is 433 g/mol. The Balaban J connectivity index is 2.06. The summed E-state index contributed by atoms with van der Waals surface area (Å²) in [5, 5.41) is 9.48. The molecule has 0 fully saturated rings. The van der Waals surface area contributed by atoms with Gasteiger partial charge in [-0.1, -0.05) is 44.2 Å². The molecule has 2 bridgehead atoms. The molecule has 2 aliphatic rings. The van der Waals surface area contributed by atoms with E-state index >= 15 is 0 Å². The second-order valence-electron chi connectivity index (χ2n) is 6.89. The topological polar surface area (TPSA) is 23.5 Å². The molecule has 2 aliphatic heterocycles. The normalized spacial score (nSPS) is 27.3. The molecule has 2 atom stereocenters. The van der Waals surface area contributed by atoms with Crippen molar-refractivity contribution in [3.8, 4) is 0 Å². The van der Waals surface area contributed by atoms with Gasteiger partial charge in [-0.2, -0.15) is 0 Å². The minimum absolute atomic E-state index is 0.0402. The van der Waals surface area contributed by atoms with Gasteiger partial charge in [0.05, 0.1) is 11.1 Å². The fourth-order valence-electron chi connectivity index (χ4n) is 5.38. The van der Waals surface area contributed by atoms with Crippen LogP contribution in [0.25, 0.3) is 0 Å². The summed E-state index contributed by atoms with van der Waals surface area (Å²) in [5.41, 5.74) is 5.82. The summed E-state index contributed by atoms with van der Waals surface area (Å²) in [6.45, 7) is 5.80. The monoisotopic (exact) mass is 433 g/mol. The molecule has 4 rings (SSSR count). The van der Waals surface area contributed by atoms with Crippen LogP contribution in [0.1, 0.15) is 55.4 Å². The first-order valence-corrected chi connectivity index (χ1v) is 10.0. The van der Waals surface area contributed by atoms with Crippen LogP contribution in [0.15, 0.2) is 42.5 Å². The van der Waals surface area contributed by atoms with E-state index in [9.17, 15) is 5.11 Å². The summed E-state index contributed by atoms with van der Waals surface area (Å²) in [4.78, 5) is 2.70. The van der Waals surface area contributed by atoms with E-state index < -0.39 is 0 Å². The molecule has 2 heterocycles. The van der Waals surface area contributed by atoms with E-state index in [4.69, 9.17) is 0 Å². The number of halogens is 1. The molecule has 126 valence electrons. The van der Waals surface area contributed by atoms with Crippen LogP contribution >= 0.6 is 22.6 Å². The summed E-state index contributed by atoms with van der Waals surface area (Å²) in [6.07, 6.45) is 2.94. The number of hydrogen-bond donors (Lipinski definition) is 1. The van der Waals surface area contributed by atoms with E-state index in [0.717, 1.165) is 25.8 Å². The molecular formula is C21H24INO. The van der Waals surface area contributed by atoms with Crippen LogP contribution < -0.4 is 0 Å². The number of benzene rings is 2. The zero-order valence-corrected chi connectivity index (χ0v) is 16.5. The Morgan fingerprint density at radius 2 is 1.50 bits per heavy atom. The van der Waals surface area contributed by atoms with E-state index in [2.05, 4.69) is 83.8 Å². The van der Waals surface area contributed by atoms with Crippen molar-refractivity contribution in [3.05, 3.63) is 68.3 Å². The van der Waals surface area contributed by atoms with Gasteiger partial charge in [0.25, 0.3) is 0 Å². The van der Waals surface area contributed by atoms with Crippen LogP contribution in [0.2, 0.25) is 0 Å². The molecule has 2 aromatic carbocycles. The Bertz CT molecular complexity index is 789. The summed E-state index contributed by atoms with van der Waals surface area (Å²) in [7, 11) is 0. The van der Waals surface area contributed by atoms with Crippen LogP contribution in [0.4, 0.5) is 0 Å². The Morgan fingerprint density at radius 3 is 2.08 bits per heavy atom. The van der Waals surface area contributed by atoms with Gasteiger partial charge in [-0.25, -0.2) is 0 Å². The van der Waals surface area contributed by atoms with Gasteiger partial charge in [0, 0.05) is 16.7 Å². The number of aliphatic hydroxyl groups excluding tert-OH is 1. The molecule has 0 spiro atoms. The fraction of sp³-hybridized carbons (Fsp3) is 0.429. The van der Waals surface area contributed by atoms with Crippen LogP contribution in [0, 0.1) is 3.57 Å². The Hall–Kier alpha value is -0.910. The number of hydrogen-bond acceptors (Lipinski definition) is 2. The number of fused-ring (bicyclic) bond motifs is 8. The van der Waals surface area contributed by atoms with E-state index in [1.165, 1.54) is 25.8 Å². The molecule has 2 aromatic rings. The van der Waals surface area contributed by atoms with E-state index in [-0.39, 0.29) is 17.7 Å². The predicted octanol–water partition coefficient (Wildman–Crippen LogP) is 4.61. The molecule has 0 saturated carbocycles. The van der Waals surface area contributed by atoms with Crippen molar-refractivity contribution < 1.29 is 5.11 Å². The van der Waals surface area contributed by atoms with Crippen molar-refractivity contribution in [3.63, 3.8) is 0 Å². The third-order valence-electron chi connectivity index (χ3n) is 6.18. The fourth-order valence-corrected chi connectivity index (χ4v) is 5.87. The molecule has 1 N–H and O–H groups in total. The lowest BCUT2D eigenvalue weighted by atomic mass is 9.71. The molecule has 0 aromatic heterocycles. The van der Waals surface area contributed by atoms with Crippen LogP contribution in [0.3, 0.4) is 0 Å². The maximum Gasteiger partial charge on any atom is 0.0730 e. The molecule has 2 unspecified atom stereocenters. The highest BCUT2D eigenvalue weighted by Crippen LogP contribution is 2.65. The third kappa shape index (κ3) is 1.78. The first-order valence-electron chi connectivity index (χ1n) is 8.96. The number of rotatable bonds is 5. The van der Waals surface area contributed by atoms with Gasteiger partial charge in [-0.3, -0.25) is 4.90 Å². The molecular weight excluding hydrogens is 409 g/mol. The van der Waals surface area contributed by atoms with Gasteiger partial charge >= 0.3 is 0 Å². The second kappa shape index (κ2) is 5.82. The summed E-state index contributed by atoms with van der Waals surface area (Å²) < 4.78 is 1.30. The van der Waals surface area contributed by atoms with Gasteiger partial charge in [0.15, 0.2) is 0 Å². The van der Waals surface area contributed by atoms with Crippen LogP contribution in [-0.2, 0) is 11.1 Å². The Labute approximate surface area is 158 Å². The maximum absolute atomic E-state index is 9.48. The van der Waals surface area contributed by atoms with Gasteiger partial charge in [0.2, 0.25) is 0 Å². The van der Waals surface area contributed by atoms with Crippen LogP contribution in [0.5, 0.6) is 0 Å². The van der Waals surface area contributed by atoms with Crippen molar-refractivity contribution in [1.29, 1.82) is 0 Å². The molecule has 0 radical (unpaired) electrons. The first kappa shape index (κ1) is 16.6. The summed E-state index contributed by atoms with van der Waals surface area (Å²) >= 11 is 2.43. The molecule has 0 aliphatic carbocycles. The van der Waals surface area contributed by atoms with E-state index in [0.29, 0.717) is 0 Å². The average Bonchev–Trinajstić information content (AvgIpc) is 3.01. The zero-order chi connectivity index (χ0) is 16.9. The van der Waals surface area contributed by atoms with Gasteiger partial charge in [0.1, 0.15) is 0 Å². The van der Waals surface area contributed by atoms with Gasteiger partial charge < -0.3 is 5.11 Å². The van der Waals surface area contributed by atoms with Crippen molar-refractivity contribution in [2.75, 3.05) is 13.2 Å². The zero-order valence-electron chi connectivity index (χ0n) is 14.3. The van der Waals surface area contributed by atoms with Gasteiger partial charge in [-0.05, 0) is 76.2 Å². The maximum atomic E-state index is 9.48. The van der Waals surface area contributed by atoms with Crippen molar-refractivity contribution in [2.45, 2.75) is 44.2 Å². The number of aliphatic hydroxyl groups is 1.